The number of allylic oxidation sites excluding steroid dienone is 4. The van der Waals surface area contributed by atoms with Gasteiger partial charge in [0.05, 0.1) is 5.56 Å². The highest BCUT2D eigenvalue weighted by molar-refractivity contribution is 5.89. The number of nitrogens with zero attached hydrogens (tertiary/aromatic N) is 1. The molecule has 0 aromatic heterocycles. The molecule has 0 amide bonds. The lowest BCUT2D eigenvalue weighted by molar-refractivity contribution is 0.936. The fourth-order valence-electron chi connectivity index (χ4n) is 3.24. The maximum atomic E-state index is 9.63. The Morgan fingerprint density at radius 1 is 1.00 bits per heavy atom. The van der Waals surface area contributed by atoms with Gasteiger partial charge in [-0.15, -0.1) is 0 Å². The third-order valence-corrected chi connectivity index (χ3v) is 4.34. The summed E-state index contributed by atoms with van der Waals surface area (Å²) < 4.78 is 0. The van der Waals surface area contributed by atoms with Gasteiger partial charge in [0.15, 0.2) is 0 Å². The van der Waals surface area contributed by atoms with Gasteiger partial charge in [-0.25, -0.2) is 0 Å². The first-order valence-corrected chi connectivity index (χ1v) is 6.91. The molecule has 1 unspecified atom stereocenters. The van der Waals surface area contributed by atoms with Crippen molar-refractivity contribution in [1.82, 2.24) is 0 Å². The first-order valence-electron chi connectivity index (χ1n) is 6.91. The van der Waals surface area contributed by atoms with E-state index in [2.05, 4.69) is 51.1 Å². The van der Waals surface area contributed by atoms with Crippen LogP contribution in [0.2, 0.25) is 0 Å². The summed E-state index contributed by atoms with van der Waals surface area (Å²) in [4.78, 5) is 0. The monoisotopic (exact) mass is 259 g/mol. The first kappa shape index (κ1) is 12.7. The van der Waals surface area contributed by atoms with Crippen molar-refractivity contribution in [3.63, 3.8) is 0 Å². The highest BCUT2D eigenvalue weighted by atomic mass is 14.3. The minimum absolute atomic E-state index is 0.259. The van der Waals surface area contributed by atoms with E-state index in [0.29, 0.717) is 0 Å². The number of hydrogen-bond donors (Lipinski definition) is 0. The number of fused-ring (bicyclic) bond motifs is 1. The molecule has 1 aliphatic carbocycles. The normalized spacial score (nSPS) is 18.3. The Morgan fingerprint density at radius 3 is 2.40 bits per heavy atom. The highest BCUT2D eigenvalue weighted by Crippen LogP contribution is 2.41. The van der Waals surface area contributed by atoms with Crippen LogP contribution in [-0.4, -0.2) is 0 Å². The summed E-state index contributed by atoms with van der Waals surface area (Å²) in [5.41, 5.74) is 5.95. The molecule has 0 N–H and O–H groups in total. The quantitative estimate of drug-likeness (QED) is 0.699. The molecule has 0 saturated carbocycles. The zero-order valence-electron chi connectivity index (χ0n) is 12.1. The molecule has 1 nitrogen and oxygen atoms in total. The Kier molecular flexibility index (Phi) is 2.95. The van der Waals surface area contributed by atoms with Crippen molar-refractivity contribution in [2.24, 2.45) is 0 Å². The average Bonchev–Trinajstić information content (AvgIpc) is 2.71. The molecule has 0 heterocycles. The van der Waals surface area contributed by atoms with E-state index in [4.69, 9.17) is 0 Å². The predicted octanol–water partition coefficient (Wildman–Crippen LogP) is 5.09. The lowest BCUT2D eigenvalue weighted by Gasteiger charge is -2.18. The molecule has 3 rings (SSSR count). The van der Waals surface area contributed by atoms with E-state index in [-0.39, 0.29) is 5.92 Å². The molecule has 1 atom stereocenters. The predicted molar refractivity (Wildman–Crippen MR) is 83.5 cm³/mol. The summed E-state index contributed by atoms with van der Waals surface area (Å²) in [6, 6.07) is 14.8. The number of rotatable bonds is 1. The first-order chi connectivity index (χ1) is 9.63. The van der Waals surface area contributed by atoms with Gasteiger partial charge in [0.2, 0.25) is 0 Å². The van der Waals surface area contributed by atoms with E-state index < -0.39 is 0 Å². The zero-order chi connectivity index (χ0) is 14.3. The van der Waals surface area contributed by atoms with Crippen LogP contribution in [0, 0.1) is 11.3 Å². The SMILES string of the molecule is CC1=CC(C)=C(C)C1c1ccc2ccccc2c1C#N. The Hall–Kier alpha value is -2.33. The molecular weight excluding hydrogens is 242 g/mol. The van der Waals surface area contributed by atoms with Crippen molar-refractivity contribution >= 4 is 10.8 Å². The van der Waals surface area contributed by atoms with Crippen LogP contribution in [0.5, 0.6) is 0 Å². The molecule has 0 bridgehead atoms. The van der Waals surface area contributed by atoms with Gasteiger partial charge in [0, 0.05) is 5.92 Å². The average molecular weight is 259 g/mol. The summed E-state index contributed by atoms with van der Waals surface area (Å²) >= 11 is 0. The van der Waals surface area contributed by atoms with Crippen LogP contribution in [0.4, 0.5) is 0 Å². The summed E-state index contributed by atoms with van der Waals surface area (Å²) in [5.74, 6) is 0.259. The van der Waals surface area contributed by atoms with E-state index in [0.717, 1.165) is 21.9 Å². The van der Waals surface area contributed by atoms with Crippen LogP contribution >= 0.6 is 0 Å². The fourth-order valence-corrected chi connectivity index (χ4v) is 3.24. The second kappa shape index (κ2) is 4.65. The molecule has 0 radical (unpaired) electrons. The van der Waals surface area contributed by atoms with Crippen LogP contribution < -0.4 is 0 Å². The van der Waals surface area contributed by atoms with Gasteiger partial charge in [-0.2, -0.15) is 5.26 Å². The summed E-state index contributed by atoms with van der Waals surface area (Å²) in [5, 5.41) is 11.8. The standard InChI is InChI=1S/C19H17N/c1-12-10-13(2)19(14(12)3)17-9-8-15-6-4-5-7-16(15)18(17)11-20/h4-10,19H,1-3H3. The molecule has 1 aliphatic rings. The Bertz CT molecular complexity index is 800. The zero-order valence-corrected chi connectivity index (χ0v) is 12.1. The topological polar surface area (TPSA) is 23.8 Å². The molecule has 98 valence electrons. The van der Waals surface area contributed by atoms with Crippen molar-refractivity contribution in [3.8, 4) is 6.07 Å². The molecular formula is C19H17N. The molecule has 20 heavy (non-hydrogen) atoms. The minimum Gasteiger partial charge on any atom is -0.192 e. The van der Waals surface area contributed by atoms with E-state index in [9.17, 15) is 5.26 Å². The van der Waals surface area contributed by atoms with Crippen molar-refractivity contribution in [1.29, 1.82) is 5.26 Å². The van der Waals surface area contributed by atoms with Crippen molar-refractivity contribution < 1.29 is 0 Å². The number of benzene rings is 2. The van der Waals surface area contributed by atoms with Gasteiger partial charge < -0.3 is 0 Å². The third kappa shape index (κ3) is 1.77. The van der Waals surface area contributed by atoms with Gasteiger partial charge in [0.1, 0.15) is 6.07 Å². The molecule has 0 saturated heterocycles. The van der Waals surface area contributed by atoms with Crippen LogP contribution in [0.15, 0.2) is 59.2 Å². The molecule has 2 aromatic rings. The lowest BCUT2D eigenvalue weighted by atomic mass is 9.84. The van der Waals surface area contributed by atoms with Crippen LogP contribution in [-0.2, 0) is 0 Å². The molecule has 0 spiro atoms. The summed E-state index contributed by atoms with van der Waals surface area (Å²) in [7, 11) is 0. The van der Waals surface area contributed by atoms with Crippen molar-refractivity contribution in [2.45, 2.75) is 26.7 Å². The molecule has 2 aromatic carbocycles. The lowest BCUT2D eigenvalue weighted by Crippen LogP contribution is -2.02. The van der Waals surface area contributed by atoms with Crippen LogP contribution in [0.3, 0.4) is 0 Å². The van der Waals surface area contributed by atoms with Crippen LogP contribution in [0.1, 0.15) is 37.8 Å². The minimum atomic E-state index is 0.259. The van der Waals surface area contributed by atoms with Crippen molar-refractivity contribution in [3.05, 3.63) is 70.3 Å². The number of hydrogen-bond acceptors (Lipinski definition) is 1. The Labute approximate surface area is 119 Å². The van der Waals surface area contributed by atoms with E-state index in [1.807, 2.05) is 18.2 Å². The molecule has 0 fully saturated rings. The highest BCUT2D eigenvalue weighted by Gasteiger charge is 2.25. The van der Waals surface area contributed by atoms with Gasteiger partial charge >= 0.3 is 0 Å². The van der Waals surface area contributed by atoms with E-state index >= 15 is 0 Å². The van der Waals surface area contributed by atoms with Crippen molar-refractivity contribution in [2.75, 3.05) is 0 Å². The maximum Gasteiger partial charge on any atom is 0.100 e. The Morgan fingerprint density at radius 2 is 1.75 bits per heavy atom. The molecule has 1 heteroatoms. The second-order valence-electron chi connectivity index (χ2n) is 5.55. The smallest absolute Gasteiger partial charge is 0.100 e. The summed E-state index contributed by atoms with van der Waals surface area (Å²) in [6.07, 6.45) is 2.23. The summed E-state index contributed by atoms with van der Waals surface area (Å²) in [6.45, 7) is 6.47. The third-order valence-electron chi connectivity index (χ3n) is 4.34. The fraction of sp³-hybridized carbons (Fsp3) is 0.211. The maximum absolute atomic E-state index is 9.63. The van der Waals surface area contributed by atoms with E-state index in [1.165, 1.54) is 16.7 Å². The Balaban J connectivity index is 2.29. The number of nitriles is 1. The van der Waals surface area contributed by atoms with Gasteiger partial charge in [-0.05, 0) is 37.1 Å². The van der Waals surface area contributed by atoms with Gasteiger partial charge in [0.25, 0.3) is 0 Å². The van der Waals surface area contributed by atoms with E-state index in [1.54, 1.807) is 0 Å². The van der Waals surface area contributed by atoms with Crippen LogP contribution in [0.25, 0.3) is 10.8 Å². The molecule has 0 aliphatic heterocycles. The largest absolute Gasteiger partial charge is 0.192 e. The van der Waals surface area contributed by atoms with Gasteiger partial charge in [-0.1, -0.05) is 59.2 Å². The van der Waals surface area contributed by atoms with Gasteiger partial charge in [-0.3, -0.25) is 0 Å². The second-order valence-corrected chi connectivity index (χ2v) is 5.55.